The summed E-state index contributed by atoms with van der Waals surface area (Å²) < 4.78 is 7.98. The van der Waals surface area contributed by atoms with Gasteiger partial charge in [0, 0.05) is 17.8 Å². The van der Waals surface area contributed by atoms with Crippen molar-refractivity contribution in [3.05, 3.63) is 83.9 Å². The molecule has 0 aliphatic carbocycles. The number of hydrogen-bond donors (Lipinski definition) is 0. The van der Waals surface area contributed by atoms with Crippen molar-refractivity contribution in [2.75, 3.05) is 0 Å². The van der Waals surface area contributed by atoms with Gasteiger partial charge in [-0.05, 0) is 41.4 Å². The van der Waals surface area contributed by atoms with Crippen molar-refractivity contribution in [2.24, 2.45) is 0 Å². The van der Waals surface area contributed by atoms with E-state index in [1.165, 1.54) is 0 Å². The van der Waals surface area contributed by atoms with Crippen molar-refractivity contribution in [2.45, 2.75) is 6.61 Å². The smallest absolute Gasteiger partial charge is 0.224 e. The fourth-order valence-corrected chi connectivity index (χ4v) is 2.80. The van der Waals surface area contributed by atoms with Gasteiger partial charge in [-0.15, -0.1) is 0 Å². The van der Waals surface area contributed by atoms with E-state index in [0.29, 0.717) is 6.61 Å². The van der Waals surface area contributed by atoms with Gasteiger partial charge in [0.2, 0.25) is 5.28 Å². The number of rotatable bonds is 4. The monoisotopic (exact) mass is 335 g/mol. The minimum absolute atomic E-state index is 0.228. The van der Waals surface area contributed by atoms with E-state index in [9.17, 15) is 0 Å². The average Bonchev–Trinajstić information content (AvgIpc) is 3.05. The van der Waals surface area contributed by atoms with E-state index in [1.54, 1.807) is 6.20 Å². The number of ether oxygens (including phenoxy) is 1. The summed E-state index contributed by atoms with van der Waals surface area (Å²) in [6.07, 6.45) is 3.60. The van der Waals surface area contributed by atoms with E-state index in [1.807, 2.05) is 71.4 Å². The predicted molar refractivity (Wildman–Crippen MR) is 94.6 cm³/mol. The molecule has 0 amide bonds. The quantitative estimate of drug-likeness (QED) is 0.509. The summed E-state index contributed by atoms with van der Waals surface area (Å²) in [6, 6.07) is 19.9. The van der Waals surface area contributed by atoms with Crippen LogP contribution in [0.3, 0.4) is 0 Å². The van der Waals surface area contributed by atoms with E-state index in [4.69, 9.17) is 16.3 Å². The van der Waals surface area contributed by atoms with Gasteiger partial charge in [-0.3, -0.25) is 0 Å². The van der Waals surface area contributed by atoms with Crippen LogP contribution in [-0.4, -0.2) is 14.5 Å². The van der Waals surface area contributed by atoms with E-state index in [0.717, 1.165) is 28.0 Å². The number of benzene rings is 2. The van der Waals surface area contributed by atoms with Crippen LogP contribution in [0.15, 0.2) is 73.1 Å². The predicted octanol–water partition coefficient (Wildman–Crippen LogP) is 4.65. The molecule has 0 spiro atoms. The summed E-state index contributed by atoms with van der Waals surface area (Å²) in [5.41, 5.74) is 2.15. The first-order valence-corrected chi connectivity index (χ1v) is 7.95. The topological polar surface area (TPSA) is 39.9 Å². The van der Waals surface area contributed by atoms with Crippen molar-refractivity contribution in [3.8, 4) is 11.6 Å². The highest BCUT2D eigenvalue weighted by molar-refractivity contribution is 6.28. The molecule has 0 saturated carbocycles. The number of nitrogens with zero attached hydrogens (tertiary/aromatic N) is 3. The summed E-state index contributed by atoms with van der Waals surface area (Å²) in [4.78, 5) is 8.19. The molecule has 4 nitrogen and oxygen atoms in total. The van der Waals surface area contributed by atoms with Crippen LogP contribution in [0.4, 0.5) is 0 Å². The Morgan fingerprint density at radius 3 is 2.67 bits per heavy atom. The van der Waals surface area contributed by atoms with Crippen LogP contribution in [0.2, 0.25) is 5.28 Å². The second-order valence-corrected chi connectivity index (χ2v) is 5.67. The first kappa shape index (κ1) is 14.7. The van der Waals surface area contributed by atoms with Gasteiger partial charge >= 0.3 is 0 Å². The summed E-state index contributed by atoms with van der Waals surface area (Å²) >= 11 is 5.90. The largest absolute Gasteiger partial charge is 0.488 e. The lowest BCUT2D eigenvalue weighted by Crippen LogP contribution is -1.98. The summed E-state index contributed by atoms with van der Waals surface area (Å²) in [5, 5.41) is 1.26. The van der Waals surface area contributed by atoms with Crippen LogP contribution in [0, 0.1) is 0 Å². The molecule has 24 heavy (non-hydrogen) atoms. The Bertz CT molecular complexity index is 982. The zero-order valence-corrected chi connectivity index (χ0v) is 13.5. The van der Waals surface area contributed by atoms with Gasteiger partial charge in [0.1, 0.15) is 18.2 Å². The van der Waals surface area contributed by atoms with Gasteiger partial charge < -0.3 is 9.30 Å². The molecule has 0 saturated heterocycles. The van der Waals surface area contributed by atoms with Crippen LogP contribution < -0.4 is 4.74 Å². The van der Waals surface area contributed by atoms with Crippen LogP contribution in [-0.2, 0) is 6.61 Å². The molecule has 0 N–H and O–H groups in total. The number of aromatic nitrogens is 3. The maximum Gasteiger partial charge on any atom is 0.224 e. The van der Waals surface area contributed by atoms with Crippen LogP contribution in [0.5, 0.6) is 5.75 Å². The molecule has 0 aliphatic heterocycles. The van der Waals surface area contributed by atoms with Crippen LogP contribution >= 0.6 is 11.6 Å². The normalized spacial score (nSPS) is 10.9. The van der Waals surface area contributed by atoms with Crippen molar-refractivity contribution < 1.29 is 4.74 Å². The fourth-order valence-electron chi connectivity index (χ4n) is 2.66. The molecule has 0 radical (unpaired) electrons. The fraction of sp³-hybridized carbons (Fsp3) is 0.0526. The zero-order chi connectivity index (χ0) is 16.4. The van der Waals surface area contributed by atoms with Crippen molar-refractivity contribution in [1.82, 2.24) is 14.5 Å². The molecular weight excluding hydrogens is 322 g/mol. The van der Waals surface area contributed by atoms with Gasteiger partial charge in [0.05, 0.1) is 5.52 Å². The minimum atomic E-state index is 0.228. The Labute approximate surface area is 144 Å². The first-order valence-electron chi connectivity index (χ1n) is 7.57. The van der Waals surface area contributed by atoms with E-state index < -0.39 is 0 Å². The van der Waals surface area contributed by atoms with Gasteiger partial charge in [-0.1, -0.05) is 36.4 Å². The number of fused-ring (bicyclic) bond motifs is 1. The third-order valence-electron chi connectivity index (χ3n) is 3.79. The zero-order valence-electron chi connectivity index (χ0n) is 12.8. The molecule has 4 rings (SSSR count). The Kier molecular flexibility index (Phi) is 3.89. The third kappa shape index (κ3) is 2.84. The molecule has 2 heterocycles. The molecule has 0 atom stereocenters. The standard InChI is InChI=1S/C19H14ClN3O/c20-19-21-11-9-18(22-19)23-12-10-15-16(23)7-4-8-17(15)24-13-14-5-2-1-3-6-14/h1-12H,13H2. The second-order valence-electron chi connectivity index (χ2n) is 5.33. The maximum atomic E-state index is 6.01. The molecule has 0 fully saturated rings. The molecule has 2 aromatic carbocycles. The first-order chi connectivity index (χ1) is 11.8. The summed E-state index contributed by atoms with van der Waals surface area (Å²) in [7, 11) is 0. The molecule has 0 bridgehead atoms. The van der Waals surface area contributed by atoms with Gasteiger partial charge in [-0.25, -0.2) is 4.98 Å². The lowest BCUT2D eigenvalue weighted by molar-refractivity contribution is 0.310. The van der Waals surface area contributed by atoms with E-state index in [-0.39, 0.29) is 5.28 Å². The number of hydrogen-bond acceptors (Lipinski definition) is 3. The lowest BCUT2D eigenvalue weighted by Gasteiger charge is -2.09. The summed E-state index contributed by atoms with van der Waals surface area (Å²) in [6.45, 7) is 0.532. The highest BCUT2D eigenvalue weighted by Crippen LogP contribution is 2.29. The molecule has 0 aliphatic rings. The molecular formula is C19H14ClN3O. The Morgan fingerprint density at radius 2 is 1.83 bits per heavy atom. The molecule has 2 aromatic heterocycles. The molecule has 5 heteroatoms. The van der Waals surface area contributed by atoms with Crippen molar-refractivity contribution >= 4 is 22.5 Å². The highest BCUT2D eigenvalue weighted by Gasteiger charge is 2.09. The Morgan fingerprint density at radius 1 is 0.958 bits per heavy atom. The molecule has 0 unspecified atom stereocenters. The average molecular weight is 336 g/mol. The lowest BCUT2D eigenvalue weighted by atomic mass is 10.2. The minimum Gasteiger partial charge on any atom is -0.488 e. The van der Waals surface area contributed by atoms with Crippen LogP contribution in [0.25, 0.3) is 16.7 Å². The van der Waals surface area contributed by atoms with Crippen LogP contribution in [0.1, 0.15) is 5.56 Å². The van der Waals surface area contributed by atoms with E-state index in [2.05, 4.69) is 9.97 Å². The summed E-state index contributed by atoms with van der Waals surface area (Å²) in [5.74, 6) is 1.57. The van der Waals surface area contributed by atoms with Gasteiger partial charge in [0.15, 0.2) is 0 Å². The van der Waals surface area contributed by atoms with Crippen molar-refractivity contribution in [3.63, 3.8) is 0 Å². The molecule has 4 aromatic rings. The Balaban J connectivity index is 1.69. The van der Waals surface area contributed by atoms with E-state index >= 15 is 0 Å². The number of halogens is 1. The third-order valence-corrected chi connectivity index (χ3v) is 3.97. The second kappa shape index (κ2) is 6.34. The highest BCUT2D eigenvalue weighted by atomic mass is 35.5. The SMILES string of the molecule is Clc1nccc(-n2ccc3c(OCc4ccccc4)cccc32)n1. The van der Waals surface area contributed by atoms with Crippen molar-refractivity contribution in [1.29, 1.82) is 0 Å². The Hall–Kier alpha value is -2.85. The van der Waals surface area contributed by atoms with Gasteiger partial charge in [-0.2, -0.15) is 4.98 Å². The maximum absolute atomic E-state index is 6.01. The van der Waals surface area contributed by atoms with Gasteiger partial charge in [0.25, 0.3) is 0 Å². The molecule has 118 valence electrons.